The second-order valence-corrected chi connectivity index (χ2v) is 5.57. The average Bonchev–Trinajstić information content (AvgIpc) is 2.47. The van der Waals surface area contributed by atoms with Crippen molar-refractivity contribution in [3.63, 3.8) is 0 Å². The third kappa shape index (κ3) is 3.46. The van der Waals surface area contributed by atoms with Gasteiger partial charge in [0, 0.05) is 6.54 Å². The highest BCUT2D eigenvalue weighted by Crippen LogP contribution is 2.32. The number of piperidine rings is 1. The number of aliphatic hydroxyl groups is 1. The van der Waals surface area contributed by atoms with E-state index in [2.05, 4.69) is 5.32 Å². The van der Waals surface area contributed by atoms with Crippen LogP contribution < -0.4 is 5.32 Å². The number of nitrogens with one attached hydrogen (secondary N) is 1. The highest BCUT2D eigenvalue weighted by molar-refractivity contribution is 4.87. The molecule has 0 radical (unpaired) electrons. The summed E-state index contributed by atoms with van der Waals surface area (Å²) in [5, 5.41) is 13.8. The van der Waals surface area contributed by atoms with Crippen LogP contribution in [0, 0.1) is 5.92 Å². The fourth-order valence-corrected chi connectivity index (χ4v) is 3.23. The van der Waals surface area contributed by atoms with E-state index in [0.29, 0.717) is 0 Å². The molecule has 2 aliphatic rings. The summed E-state index contributed by atoms with van der Waals surface area (Å²) >= 11 is 0. The third-order valence-electron chi connectivity index (χ3n) is 4.09. The molecule has 1 atom stereocenters. The second kappa shape index (κ2) is 5.31. The van der Waals surface area contributed by atoms with Crippen molar-refractivity contribution in [2.45, 2.75) is 63.4 Å². The Morgan fingerprint density at radius 1 is 1.07 bits per heavy atom. The standard InChI is InChI=1S/C13H25NO/c15-13(8-5-9-14-11-13)10-12-6-3-1-2-4-7-12/h12,14-15H,1-11H2. The van der Waals surface area contributed by atoms with Gasteiger partial charge in [0.2, 0.25) is 0 Å². The van der Waals surface area contributed by atoms with Gasteiger partial charge < -0.3 is 10.4 Å². The number of hydrogen-bond acceptors (Lipinski definition) is 2. The van der Waals surface area contributed by atoms with Crippen molar-refractivity contribution in [3.05, 3.63) is 0 Å². The van der Waals surface area contributed by atoms with Crippen LogP contribution in [0.25, 0.3) is 0 Å². The minimum Gasteiger partial charge on any atom is -0.389 e. The van der Waals surface area contributed by atoms with E-state index in [1.54, 1.807) is 0 Å². The van der Waals surface area contributed by atoms with Gasteiger partial charge in [-0.25, -0.2) is 0 Å². The van der Waals surface area contributed by atoms with Crippen molar-refractivity contribution < 1.29 is 5.11 Å². The van der Waals surface area contributed by atoms with Gasteiger partial charge in [0.05, 0.1) is 5.60 Å². The predicted molar refractivity (Wildman–Crippen MR) is 62.9 cm³/mol. The second-order valence-electron chi connectivity index (χ2n) is 5.57. The fourth-order valence-electron chi connectivity index (χ4n) is 3.23. The highest BCUT2D eigenvalue weighted by atomic mass is 16.3. The molecule has 1 aliphatic heterocycles. The van der Waals surface area contributed by atoms with Crippen LogP contribution in [0.4, 0.5) is 0 Å². The monoisotopic (exact) mass is 211 g/mol. The zero-order chi connectivity index (χ0) is 10.6. The summed E-state index contributed by atoms with van der Waals surface area (Å²) in [6, 6.07) is 0. The van der Waals surface area contributed by atoms with E-state index in [-0.39, 0.29) is 5.60 Å². The molecule has 0 spiro atoms. The van der Waals surface area contributed by atoms with E-state index in [9.17, 15) is 5.11 Å². The molecule has 2 N–H and O–H groups in total. The Hall–Kier alpha value is -0.0800. The topological polar surface area (TPSA) is 32.3 Å². The molecule has 0 aromatic carbocycles. The van der Waals surface area contributed by atoms with Crippen LogP contribution in [0.1, 0.15) is 57.8 Å². The van der Waals surface area contributed by atoms with Crippen LogP contribution in [0.5, 0.6) is 0 Å². The summed E-state index contributed by atoms with van der Waals surface area (Å²) in [6.45, 7) is 1.91. The van der Waals surface area contributed by atoms with Crippen LogP contribution in [0.15, 0.2) is 0 Å². The molecule has 0 bridgehead atoms. The molecule has 2 fully saturated rings. The quantitative estimate of drug-likeness (QED) is 0.688. The number of rotatable bonds is 2. The van der Waals surface area contributed by atoms with E-state index in [4.69, 9.17) is 0 Å². The summed E-state index contributed by atoms with van der Waals surface area (Å²) in [7, 11) is 0. The molecule has 0 aromatic heterocycles. The lowest BCUT2D eigenvalue weighted by Gasteiger charge is -2.35. The number of β-amino-alcohol motifs (C(OH)–C–C–N with tert-alkyl or cyclic N) is 1. The SMILES string of the molecule is OC1(CC2CCCCCC2)CCCNC1. The zero-order valence-electron chi connectivity index (χ0n) is 9.80. The predicted octanol–water partition coefficient (Wildman–Crippen LogP) is 2.46. The normalized spacial score (nSPS) is 35.0. The summed E-state index contributed by atoms with van der Waals surface area (Å²) in [4.78, 5) is 0. The first-order valence-corrected chi connectivity index (χ1v) is 6.72. The van der Waals surface area contributed by atoms with Crippen molar-refractivity contribution in [1.82, 2.24) is 5.32 Å². The lowest BCUT2D eigenvalue weighted by atomic mass is 9.82. The van der Waals surface area contributed by atoms with Crippen LogP contribution >= 0.6 is 0 Å². The highest BCUT2D eigenvalue weighted by Gasteiger charge is 2.31. The molecule has 1 saturated carbocycles. The molecule has 15 heavy (non-hydrogen) atoms. The smallest absolute Gasteiger partial charge is 0.0774 e. The molecule has 2 heteroatoms. The van der Waals surface area contributed by atoms with Gasteiger partial charge in [-0.05, 0) is 31.7 Å². The fraction of sp³-hybridized carbons (Fsp3) is 1.00. The Kier molecular flexibility index (Phi) is 4.04. The van der Waals surface area contributed by atoms with Crippen LogP contribution in [0.2, 0.25) is 0 Å². The van der Waals surface area contributed by atoms with Crippen molar-refractivity contribution in [2.24, 2.45) is 5.92 Å². The minimum absolute atomic E-state index is 0.382. The summed E-state index contributed by atoms with van der Waals surface area (Å²) < 4.78 is 0. The minimum atomic E-state index is -0.382. The zero-order valence-corrected chi connectivity index (χ0v) is 9.80. The maximum atomic E-state index is 10.5. The van der Waals surface area contributed by atoms with Crippen LogP contribution in [-0.4, -0.2) is 23.8 Å². The van der Waals surface area contributed by atoms with Gasteiger partial charge in [-0.1, -0.05) is 38.5 Å². The molecule has 2 rings (SSSR count). The first-order valence-electron chi connectivity index (χ1n) is 6.72. The molecule has 1 unspecified atom stereocenters. The lowest BCUT2D eigenvalue weighted by Crippen LogP contribution is -2.46. The molecule has 1 heterocycles. The third-order valence-corrected chi connectivity index (χ3v) is 4.09. The Morgan fingerprint density at radius 3 is 2.40 bits per heavy atom. The Labute approximate surface area is 93.5 Å². The number of hydrogen-bond donors (Lipinski definition) is 2. The Balaban J connectivity index is 1.82. The van der Waals surface area contributed by atoms with E-state index in [1.807, 2.05) is 0 Å². The van der Waals surface area contributed by atoms with Crippen molar-refractivity contribution >= 4 is 0 Å². The Morgan fingerprint density at radius 2 is 1.80 bits per heavy atom. The molecule has 1 aliphatic carbocycles. The molecular formula is C13H25NO. The van der Waals surface area contributed by atoms with Crippen LogP contribution in [0.3, 0.4) is 0 Å². The van der Waals surface area contributed by atoms with Gasteiger partial charge in [0.1, 0.15) is 0 Å². The maximum absolute atomic E-state index is 10.5. The Bertz CT molecular complexity index is 179. The molecule has 1 saturated heterocycles. The maximum Gasteiger partial charge on any atom is 0.0774 e. The summed E-state index contributed by atoms with van der Waals surface area (Å²) in [6.07, 6.45) is 11.5. The largest absolute Gasteiger partial charge is 0.389 e. The van der Waals surface area contributed by atoms with E-state index in [1.165, 1.54) is 38.5 Å². The van der Waals surface area contributed by atoms with Gasteiger partial charge >= 0.3 is 0 Å². The van der Waals surface area contributed by atoms with Crippen molar-refractivity contribution in [3.8, 4) is 0 Å². The summed E-state index contributed by atoms with van der Waals surface area (Å²) in [5.74, 6) is 0.789. The molecule has 88 valence electrons. The molecule has 2 nitrogen and oxygen atoms in total. The van der Waals surface area contributed by atoms with E-state index >= 15 is 0 Å². The summed E-state index contributed by atoms with van der Waals surface area (Å²) in [5.41, 5.74) is -0.382. The van der Waals surface area contributed by atoms with Crippen molar-refractivity contribution in [1.29, 1.82) is 0 Å². The van der Waals surface area contributed by atoms with Crippen molar-refractivity contribution in [2.75, 3.05) is 13.1 Å². The van der Waals surface area contributed by atoms with Gasteiger partial charge in [0.15, 0.2) is 0 Å². The first kappa shape index (κ1) is 11.4. The first-order chi connectivity index (χ1) is 7.29. The van der Waals surface area contributed by atoms with Gasteiger partial charge in [-0.15, -0.1) is 0 Å². The van der Waals surface area contributed by atoms with E-state index < -0.39 is 0 Å². The van der Waals surface area contributed by atoms with Gasteiger partial charge in [-0.2, -0.15) is 0 Å². The lowest BCUT2D eigenvalue weighted by molar-refractivity contribution is -0.00759. The molecule has 0 aromatic rings. The van der Waals surface area contributed by atoms with E-state index in [0.717, 1.165) is 38.3 Å². The van der Waals surface area contributed by atoms with Gasteiger partial charge in [0.25, 0.3) is 0 Å². The van der Waals surface area contributed by atoms with Crippen LogP contribution in [-0.2, 0) is 0 Å². The van der Waals surface area contributed by atoms with Gasteiger partial charge in [-0.3, -0.25) is 0 Å². The molecule has 0 amide bonds. The average molecular weight is 211 g/mol. The molecular weight excluding hydrogens is 186 g/mol.